The van der Waals surface area contributed by atoms with Gasteiger partial charge in [0.2, 0.25) is 11.9 Å². The first kappa shape index (κ1) is 24.0. The molecule has 7 heteroatoms. The minimum absolute atomic E-state index is 0.0429. The molecule has 188 valence electrons. The molecule has 1 aliphatic heterocycles. The number of hydrogen-bond donors (Lipinski definition) is 2. The smallest absolute Gasteiger partial charge is 0.259 e. The van der Waals surface area contributed by atoms with Crippen LogP contribution in [0, 0.1) is 0 Å². The lowest BCUT2D eigenvalue weighted by Crippen LogP contribution is -2.46. The monoisotopic (exact) mass is 478 g/mol. The molecule has 2 aromatic rings. The summed E-state index contributed by atoms with van der Waals surface area (Å²) < 4.78 is 7.80. The highest BCUT2D eigenvalue weighted by Crippen LogP contribution is 2.49. The first-order valence-corrected chi connectivity index (χ1v) is 13.3. The minimum atomic E-state index is -0.323. The summed E-state index contributed by atoms with van der Waals surface area (Å²) in [4.78, 5) is 32.0. The van der Waals surface area contributed by atoms with Crippen molar-refractivity contribution in [3.63, 3.8) is 0 Å². The Labute approximate surface area is 207 Å². The van der Waals surface area contributed by atoms with Gasteiger partial charge in [0.25, 0.3) is 5.56 Å². The van der Waals surface area contributed by atoms with E-state index in [1.807, 2.05) is 17.6 Å². The molecule has 5 rings (SSSR count). The highest BCUT2D eigenvalue weighted by atomic mass is 16.5. The number of amides is 1. The maximum Gasteiger partial charge on any atom is 0.259 e. The van der Waals surface area contributed by atoms with Crippen molar-refractivity contribution in [1.82, 2.24) is 15.0 Å². The van der Waals surface area contributed by atoms with Crippen LogP contribution < -0.4 is 16.4 Å². The molecule has 7 nitrogen and oxygen atoms in total. The standard InChI is InChI=1S/C28H38N4O3/c1-4-10-22(33)30-31-26-29-24-21-12-7-6-11-19(21)17-28(14-8-5-9-15-28)23(24)25(34)32(26)20-13-16-35-27(2,3)18-20/h6-7,11-12,20H,4-5,8-10,13-18H2,1-3H3,(H,29,31)(H,30,33)/t20-/m1/s1. The molecule has 2 N–H and O–H groups in total. The van der Waals surface area contributed by atoms with Crippen LogP contribution in [0.3, 0.4) is 0 Å². The molecule has 1 aromatic carbocycles. The predicted octanol–water partition coefficient (Wildman–Crippen LogP) is 5.04. The van der Waals surface area contributed by atoms with Crippen molar-refractivity contribution in [2.24, 2.45) is 0 Å². The lowest BCUT2D eigenvalue weighted by Gasteiger charge is -2.43. The van der Waals surface area contributed by atoms with Gasteiger partial charge in [0.15, 0.2) is 0 Å². The van der Waals surface area contributed by atoms with Crippen molar-refractivity contribution in [2.45, 2.75) is 102 Å². The summed E-state index contributed by atoms with van der Waals surface area (Å²) in [5.41, 5.74) is 9.35. The Bertz CT molecular complexity index is 1160. The van der Waals surface area contributed by atoms with Crippen LogP contribution in [0.2, 0.25) is 0 Å². The van der Waals surface area contributed by atoms with Gasteiger partial charge in [-0.15, -0.1) is 0 Å². The molecule has 1 spiro atoms. The topological polar surface area (TPSA) is 85.3 Å². The van der Waals surface area contributed by atoms with Crippen molar-refractivity contribution in [3.05, 3.63) is 45.7 Å². The van der Waals surface area contributed by atoms with Crippen molar-refractivity contribution >= 4 is 11.9 Å². The van der Waals surface area contributed by atoms with Gasteiger partial charge in [-0.3, -0.25) is 25.0 Å². The number of hydrazine groups is 1. The van der Waals surface area contributed by atoms with E-state index in [1.165, 1.54) is 12.0 Å². The van der Waals surface area contributed by atoms with E-state index in [0.29, 0.717) is 25.4 Å². The molecule has 0 bridgehead atoms. The molecule has 3 aliphatic rings. The van der Waals surface area contributed by atoms with Gasteiger partial charge in [-0.2, -0.15) is 0 Å². The third kappa shape index (κ3) is 4.51. The zero-order valence-electron chi connectivity index (χ0n) is 21.3. The van der Waals surface area contributed by atoms with E-state index in [0.717, 1.165) is 61.8 Å². The van der Waals surface area contributed by atoms with Gasteiger partial charge in [0.05, 0.1) is 16.9 Å². The molecule has 2 heterocycles. The number of nitrogens with zero attached hydrogens (tertiary/aromatic N) is 2. The Balaban J connectivity index is 1.70. The van der Waals surface area contributed by atoms with Gasteiger partial charge in [-0.05, 0) is 57.9 Å². The zero-order valence-corrected chi connectivity index (χ0v) is 21.3. The van der Waals surface area contributed by atoms with Crippen LogP contribution in [-0.2, 0) is 21.4 Å². The summed E-state index contributed by atoms with van der Waals surface area (Å²) in [5.74, 6) is 0.311. The molecule has 0 unspecified atom stereocenters. The second kappa shape index (κ2) is 9.41. The molecule has 35 heavy (non-hydrogen) atoms. The Morgan fingerprint density at radius 2 is 1.97 bits per heavy atom. The SMILES string of the molecule is CCCC(=O)NNc1nc2c(c(=O)n1[C@@H]1CCOC(C)(C)C1)C1(CCCCC1)Cc1ccccc1-2. The number of hydrogen-bond acceptors (Lipinski definition) is 5. The van der Waals surface area contributed by atoms with Crippen LogP contribution in [-0.4, -0.2) is 27.7 Å². The Kier molecular flexibility index (Phi) is 6.47. The number of fused-ring (bicyclic) bond motifs is 4. The summed E-state index contributed by atoms with van der Waals surface area (Å²) in [6.07, 6.45) is 9.05. The van der Waals surface area contributed by atoms with Gasteiger partial charge in [0.1, 0.15) is 0 Å². The van der Waals surface area contributed by atoms with E-state index in [1.54, 1.807) is 0 Å². The number of ether oxygens (including phenoxy) is 1. The molecular formula is C28H38N4O3. The zero-order chi connectivity index (χ0) is 24.6. The van der Waals surface area contributed by atoms with E-state index < -0.39 is 0 Å². The molecule has 1 saturated carbocycles. The molecule has 2 fully saturated rings. The second-order valence-electron chi connectivity index (χ2n) is 11.2. The van der Waals surface area contributed by atoms with Crippen molar-refractivity contribution in [3.8, 4) is 11.3 Å². The predicted molar refractivity (Wildman–Crippen MR) is 137 cm³/mol. The number of carbonyl (C=O) groups excluding carboxylic acids is 1. The van der Waals surface area contributed by atoms with Gasteiger partial charge < -0.3 is 4.74 Å². The van der Waals surface area contributed by atoms with Crippen LogP contribution in [0.15, 0.2) is 29.1 Å². The van der Waals surface area contributed by atoms with E-state index >= 15 is 0 Å². The van der Waals surface area contributed by atoms with Crippen LogP contribution in [0.5, 0.6) is 0 Å². The maximum atomic E-state index is 14.5. The average Bonchev–Trinajstić information content (AvgIpc) is 2.82. The fourth-order valence-corrected chi connectivity index (χ4v) is 6.48. The largest absolute Gasteiger partial charge is 0.375 e. The van der Waals surface area contributed by atoms with Crippen LogP contribution in [0.1, 0.15) is 95.7 Å². The number of aromatic nitrogens is 2. The highest BCUT2D eigenvalue weighted by molar-refractivity contribution is 5.77. The van der Waals surface area contributed by atoms with Crippen LogP contribution in [0.4, 0.5) is 5.95 Å². The molecule has 1 atom stereocenters. The number of rotatable bonds is 5. The van der Waals surface area contributed by atoms with E-state index in [9.17, 15) is 9.59 Å². The third-order valence-corrected chi connectivity index (χ3v) is 8.08. The lowest BCUT2D eigenvalue weighted by molar-refractivity contribution is -0.120. The normalized spacial score (nSPS) is 22.2. The van der Waals surface area contributed by atoms with E-state index in [-0.39, 0.29) is 28.5 Å². The van der Waals surface area contributed by atoms with Crippen molar-refractivity contribution in [2.75, 3.05) is 12.0 Å². The van der Waals surface area contributed by atoms with E-state index in [2.05, 4.69) is 42.9 Å². The summed E-state index contributed by atoms with van der Waals surface area (Å²) in [7, 11) is 0. The Morgan fingerprint density at radius 3 is 2.71 bits per heavy atom. The minimum Gasteiger partial charge on any atom is -0.375 e. The van der Waals surface area contributed by atoms with Crippen LogP contribution >= 0.6 is 0 Å². The Hall–Kier alpha value is -2.67. The summed E-state index contributed by atoms with van der Waals surface area (Å²) in [6.45, 7) is 6.71. The van der Waals surface area contributed by atoms with E-state index in [4.69, 9.17) is 9.72 Å². The number of carbonyl (C=O) groups is 1. The number of benzene rings is 1. The van der Waals surface area contributed by atoms with Gasteiger partial charge >= 0.3 is 0 Å². The van der Waals surface area contributed by atoms with Gasteiger partial charge in [-0.25, -0.2) is 4.98 Å². The number of nitrogens with one attached hydrogen (secondary N) is 2. The third-order valence-electron chi connectivity index (χ3n) is 8.08. The van der Waals surface area contributed by atoms with Crippen molar-refractivity contribution < 1.29 is 9.53 Å². The summed E-state index contributed by atoms with van der Waals surface area (Å²) >= 11 is 0. The molecule has 0 radical (unpaired) electrons. The van der Waals surface area contributed by atoms with Crippen molar-refractivity contribution in [1.29, 1.82) is 0 Å². The Morgan fingerprint density at radius 1 is 1.20 bits per heavy atom. The van der Waals surface area contributed by atoms with Gasteiger partial charge in [-0.1, -0.05) is 50.5 Å². The first-order valence-electron chi connectivity index (χ1n) is 13.3. The fourth-order valence-electron chi connectivity index (χ4n) is 6.48. The van der Waals surface area contributed by atoms with Crippen LogP contribution in [0.25, 0.3) is 11.3 Å². The first-order chi connectivity index (χ1) is 16.8. The maximum absolute atomic E-state index is 14.5. The highest BCUT2D eigenvalue weighted by Gasteiger charge is 2.44. The molecule has 1 saturated heterocycles. The molecule has 1 aromatic heterocycles. The summed E-state index contributed by atoms with van der Waals surface area (Å²) in [5, 5.41) is 0. The molecule has 2 aliphatic carbocycles. The molecular weight excluding hydrogens is 440 g/mol. The van der Waals surface area contributed by atoms with Gasteiger partial charge in [0, 0.05) is 30.0 Å². The number of anilines is 1. The summed E-state index contributed by atoms with van der Waals surface area (Å²) in [6, 6.07) is 8.31. The lowest BCUT2D eigenvalue weighted by atomic mass is 9.62. The average molecular weight is 479 g/mol. The second-order valence-corrected chi connectivity index (χ2v) is 11.2. The molecule has 1 amide bonds. The quantitative estimate of drug-likeness (QED) is 0.588. The fraction of sp³-hybridized carbons (Fsp3) is 0.607.